The molecule has 6 heteroatoms. The van der Waals surface area contributed by atoms with Gasteiger partial charge in [-0.15, -0.1) is 0 Å². The average Bonchev–Trinajstić information content (AvgIpc) is 3.04. The van der Waals surface area contributed by atoms with Gasteiger partial charge in [-0.1, -0.05) is 0 Å². The van der Waals surface area contributed by atoms with E-state index in [1.54, 1.807) is 12.3 Å². The van der Waals surface area contributed by atoms with Gasteiger partial charge in [0, 0.05) is 23.9 Å². The second-order valence-corrected chi connectivity index (χ2v) is 4.28. The molecule has 0 unspecified atom stereocenters. The van der Waals surface area contributed by atoms with Gasteiger partial charge in [0.25, 0.3) is 0 Å². The Bertz CT molecular complexity index is 614. The van der Waals surface area contributed by atoms with Crippen molar-refractivity contribution in [3.63, 3.8) is 0 Å². The first kappa shape index (κ1) is 9.53. The monoisotopic (exact) mass is 234 g/mol. The summed E-state index contributed by atoms with van der Waals surface area (Å²) >= 11 is 5.19. The molecule has 0 aliphatic heterocycles. The number of pyridine rings is 1. The minimum atomic E-state index is -0.115. The molecule has 0 amide bonds. The van der Waals surface area contributed by atoms with E-state index < -0.39 is 0 Å². The van der Waals surface area contributed by atoms with Crippen LogP contribution in [0.2, 0.25) is 0 Å². The summed E-state index contributed by atoms with van der Waals surface area (Å²) in [6.07, 6.45) is 3.94. The Kier molecular flexibility index (Phi) is 2.03. The molecule has 1 aliphatic rings. The summed E-state index contributed by atoms with van der Waals surface area (Å²) in [6.45, 7) is 0. The summed E-state index contributed by atoms with van der Waals surface area (Å²) in [5.74, 6) is 0.795. The number of hydrogen-bond acceptors (Lipinski definition) is 3. The highest BCUT2D eigenvalue weighted by Gasteiger charge is 2.27. The van der Waals surface area contributed by atoms with E-state index in [2.05, 4.69) is 15.2 Å². The zero-order valence-corrected chi connectivity index (χ0v) is 9.25. The van der Waals surface area contributed by atoms with Crippen molar-refractivity contribution in [2.24, 2.45) is 0 Å². The van der Waals surface area contributed by atoms with Crippen molar-refractivity contribution >= 4 is 12.2 Å². The lowest BCUT2D eigenvalue weighted by atomic mass is 10.2. The van der Waals surface area contributed by atoms with Crippen LogP contribution in [0.15, 0.2) is 23.1 Å². The molecule has 0 atom stereocenters. The van der Waals surface area contributed by atoms with Crippen LogP contribution in [0.4, 0.5) is 0 Å². The molecule has 3 rings (SSSR count). The lowest BCUT2D eigenvalue weighted by Gasteiger charge is -2.03. The molecule has 1 saturated carbocycles. The molecule has 2 N–H and O–H groups in total. The smallest absolute Gasteiger partial charge is 0.247 e. The summed E-state index contributed by atoms with van der Waals surface area (Å²) < 4.78 is 2.66. The Morgan fingerprint density at radius 1 is 1.44 bits per heavy atom. The standard InChI is InChI=1S/C10H10N4OS/c15-8-4-1-6(5-11-8)9-12-13-10(16)14(9)7-2-3-7/h1,4-5,7H,2-3H2,(H,11,15)(H,13,16). The van der Waals surface area contributed by atoms with E-state index in [0.29, 0.717) is 10.8 Å². The molecule has 5 nitrogen and oxygen atoms in total. The lowest BCUT2D eigenvalue weighted by molar-refractivity contribution is 0.734. The van der Waals surface area contributed by atoms with Gasteiger partial charge in [0.1, 0.15) is 0 Å². The van der Waals surface area contributed by atoms with Crippen LogP contribution in [0, 0.1) is 4.77 Å². The van der Waals surface area contributed by atoms with Gasteiger partial charge < -0.3 is 4.98 Å². The third-order valence-corrected chi connectivity index (χ3v) is 2.95. The highest BCUT2D eigenvalue weighted by atomic mass is 32.1. The minimum Gasteiger partial charge on any atom is -0.328 e. The molecule has 16 heavy (non-hydrogen) atoms. The fraction of sp³-hybridized carbons (Fsp3) is 0.300. The van der Waals surface area contributed by atoms with E-state index in [0.717, 1.165) is 24.2 Å². The van der Waals surface area contributed by atoms with E-state index in [1.165, 1.54) is 6.07 Å². The van der Waals surface area contributed by atoms with Crippen LogP contribution in [-0.2, 0) is 0 Å². The highest BCUT2D eigenvalue weighted by Crippen LogP contribution is 2.37. The lowest BCUT2D eigenvalue weighted by Crippen LogP contribution is -2.04. The van der Waals surface area contributed by atoms with Crippen molar-refractivity contribution < 1.29 is 0 Å². The predicted octanol–water partition coefficient (Wildman–Crippen LogP) is 1.63. The second kappa shape index (κ2) is 3.41. The third-order valence-electron chi connectivity index (χ3n) is 2.66. The molecule has 0 saturated heterocycles. The molecular weight excluding hydrogens is 224 g/mol. The molecule has 2 aromatic rings. The van der Waals surface area contributed by atoms with Crippen molar-refractivity contribution in [1.29, 1.82) is 0 Å². The van der Waals surface area contributed by atoms with E-state index in [9.17, 15) is 4.79 Å². The van der Waals surface area contributed by atoms with Gasteiger partial charge >= 0.3 is 0 Å². The first-order valence-electron chi connectivity index (χ1n) is 5.12. The van der Waals surface area contributed by atoms with Crippen LogP contribution in [0.1, 0.15) is 18.9 Å². The Balaban J connectivity index is 2.15. The summed E-state index contributed by atoms with van der Waals surface area (Å²) in [7, 11) is 0. The van der Waals surface area contributed by atoms with Crippen molar-refractivity contribution in [2.45, 2.75) is 18.9 Å². The molecule has 1 fully saturated rings. The summed E-state index contributed by atoms with van der Waals surface area (Å²) in [6, 6.07) is 3.71. The van der Waals surface area contributed by atoms with E-state index in [4.69, 9.17) is 12.2 Å². The van der Waals surface area contributed by atoms with Crippen LogP contribution < -0.4 is 5.56 Å². The van der Waals surface area contributed by atoms with Gasteiger partial charge in [-0.25, -0.2) is 0 Å². The zero-order valence-electron chi connectivity index (χ0n) is 8.43. The molecule has 1 aliphatic carbocycles. The first-order valence-corrected chi connectivity index (χ1v) is 5.52. The molecular formula is C10H10N4OS. The maximum absolute atomic E-state index is 11.0. The number of hydrogen-bond donors (Lipinski definition) is 2. The van der Waals surface area contributed by atoms with Crippen LogP contribution in [0.25, 0.3) is 11.4 Å². The van der Waals surface area contributed by atoms with Gasteiger partial charge in [0.05, 0.1) is 0 Å². The Morgan fingerprint density at radius 3 is 2.88 bits per heavy atom. The molecule has 0 aromatic carbocycles. The Morgan fingerprint density at radius 2 is 2.25 bits per heavy atom. The number of aromatic nitrogens is 4. The SMILES string of the molecule is O=c1ccc(-c2n[nH]c(=S)n2C2CC2)c[nH]1. The normalized spacial score (nSPS) is 15.2. The van der Waals surface area contributed by atoms with Crippen molar-refractivity contribution in [2.75, 3.05) is 0 Å². The molecule has 82 valence electrons. The van der Waals surface area contributed by atoms with Crippen LogP contribution >= 0.6 is 12.2 Å². The molecule has 0 bridgehead atoms. The van der Waals surface area contributed by atoms with Gasteiger partial charge in [-0.2, -0.15) is 5.10 Å². The maximum atomic E-state index is 11.0. The zero-order chi connectivity index (χ0) is 11.1. The number of aromatic amines is 2. The van der Waals surface area contributed by atoms with Crippen molar-refractivity contribution in [1.82, 2.24) is 19.7 Å². The number of H-pyrrole nitrogens is 2. The van der Waals surface area contributed by atoms with Crippen molar-refractivity contribution in [3.8, 4) is 11.4 Å². The summed E-state index contributed by atoms with van der Waals surface area (Å²) in [4.78, 5) is 13.6. The molecule has 2 aromatic heterocycles. The predicted molar refractivity (Wildman–Crippen MR) is 61.7 cm³/mol. The largest absolute Gasteiger partial charge is 0.328 e. The molecule has 0 spiro atoms. The van der Waals surface area contributed by atoms with Gasteiger partial charge in [0.2, 0.25) is 5.56 Å². The van der Waals surface area contributed by atoms with Crippen LogP contribution in [-0.4, -0.2) is 19.7 Å². The highest BCUT2D eigenvalue weighted by molar-refractivity contribution is 7.71. The number of rotatable bonds is 2. The van der Waals surface area contributed by atoms with Gasteiger partial charge in [0.15, 0.2) is 10.6 Å². The van der Waals surface area contributed by atoms with E-state index in [-0.39, 0.29) is 5.56 Å². The van der Waals surface area contributed by atoms with Crippen LogP contribution in [0.3, 0.4) is 0 Å². The van der Waals surface area contributed by atoms with Gasteiger partial charge in [-0.05, 0) is 31.1 Å². The quantitative estimate of drug-likeness (QED) is 0.776. The number of nitrogens with one attached hydrogen (secondary N) is 2. The summed E-state index contributed by atoms with van der Waals surface area (Å²) in [5, 5.41) is 7.00. The van der Waals surface area contributed by atoms with Gasteiger partial charge in [-0.3, -0.25) is 14.5 Å². The third kappa shape index (κ3) is 1.51. The minimum absolute atomic E-state index is 0.115. The van der Waals surface area contributed by atoms with E-state index >= 15 is 0 Å². The summed E-state index contributed by atoms with van der Waals surface area (Å²) in [5.41, 5.74) is 0.759. The fourth-order valence-electron chi connectivity index (χ4n) is 1.73. The Labute approximate surface area is 96.1 Å². The average molecular weight is 234 g/mol. The molecule has 2 heterocycles. The topological polar surface area (TPSA) is 66.5 Å². The number of nitrogens with zero attached hydrogens (tertiary/aromatic N) is 2. The van der Waals surface area contributed by atoms with Crippen LogP contribution in [0.5, 0.6) is 0 Å². The molecule has 0 radical (unpaired) electrons. The Hall–Kier alpha value is -1.69. The fourth-order valence-corrected chi connectivity index (χ4v) is 2.01. The first-order chi connectivity index (χ1) is 7.75. The maximum Gasteiger partial charge on any atom is 0.247 e. The second-order valence-electron chi connectivity index (χ2n) is 3.90. The van der Waals surface area contributed by atoms with Crippen molar-refractivity contribution in [3.05, 3.63) is 33.5 Å². The van der Waals surface area contributed by atoms with E-state index in [1.807, 2.05) is 4.57 Å².